The second-order valence-electron chi connectivity index (χ2n) is 5.76. The van der Waals surface area contributed by atoms with Crippen molar-refractivity contribution < 1.29 is 13.9 Å². The standard InChI is InChI=1S/C17H14N4O3S/c1-10-12(4-5-22-10)16-18-19-17-21(16)20-15(25-17)9-11-2-3-13-14(8-11)24-7-6-23-13/h2-5,8H,6-7,9H2,1H3. The number of benzene rings is 1. The molecule has 1 aliphatic heterocycles. The van der Waals surface area contributed by atoms with Gasteiger partial charge in [0.15, 0.2) is 17.3 Å². The fourth-order valence-electron chi connectivity index (χ4n) is 2.89. The molecule has 0 aliphatic carbocycles. The van der Waals surface area contributed by atoms with E-state index in [9.17, 15) is 0 Å². The number of nitrogens with zero attached hydrogens (tertiary/aromatic N) is 4. The van der Waals surface area contributed by atoms with Crippen LogP contribution in [-0.2, 0) is 6.42 Å². The monoisotopic (exact) mass is 354 g/mol. The molecule has 0 bridgehead atoms. The summed E-state index contributed by atoms with van der Waals surface area (Å²) in [4.78, 5) is 0.767. The van der Waals surface area contributed by atoms with Crippen molar-refractivity contribution in [1.82, 2.24) is 19.8 Å². The number of aromatic nitrogens is 4. The van der Waals surface area contributed by atoms with Crippen molar-refractivity contribution in [2.75, 3.05) is 13.2 Å². The highest BCUT2D eigenvalue weighted by molar-refractivity contribution is 7.16. The highest BCUT2D eigenvalue weighted by Gasteiger charge is 2.17. The van der Waals surface area contributed by atoms with Crippen LogP contribution >= 0.6 is 11.3 Å². The van der Waals surface area contributed by atoms with Crippen LogP contribution in [-0.4, -0.2) is 33.0 Å². The van der Waals surface area contributed by atoms with Crippen LogP contribution in [0.5, 0.6) is 11.5 Å². The summed E-state index contributed by atoms with van der Waals surface area (Å²) in [5, 5.41) is 14.1. The number of ether oxygens (including phenoxy) is 2. The Labute approximate surface area is 146 Å². The Bertz CT molecular complexity index is 1070. The molecule has 4 heterocycles. The van der Waals surface area contributed by atoms with Gasteiger partial charge >= 0.3 is 0 Å². The number of fused-ring (bicyclic) bond motifs is 2. The van der Waals surface area contributed by atoms with E-state index >= 15 is 0 Å². The first-order valence-corrected chi connectivity index (χ1v) is 8.74. The van der Waals surface area contributed by atoms with E-state index in [-0.39, 0.29) is 0 Å². The van der Waals surface area contributed by atoms with Crippen molar-refractivity contribution in [1.29, 1.82) is 0 Å². The van der Waals surface area contributed by atoms with E-state index in [0.29, 0.717) is 25.5 Å². The van der Waals surface area contributed by atoms with Gasteiger partial charge in [-0.15, -0.1) is 10.2 Å². The van der Waals surface area contributed by atoms with Gasteiger partial charge in [0.2, 0.25) is 4.96 Å². The van der Waals surface area contributed by atoms with Gasteiger partial charge in [0, 0.05) is 6.42 Å². The Morgan fingerprint density at radius 2 is 2.00 bits per heavy atom. The summed E-state index contributed by atoms with van der Waals surface area (Å²) in [6.07, 6.45) is 2.35. The topological polar surface area (TPSA) is 74.7 Å². The molecular formula is C17H14N4O3S. The minimum absolute atomic E-state index is 0.584. The molecule has 0 saturated carbocycles. The lowest BCUT2D eigenvalue weighted by molar-refractivity contribution is 0.171. The molecule has 8 heteroatoms. The highest BCUT2D eigenvalue weighted by atomic mass is 32.1. The Hall–Kier alpha value is -2.87. The average molecular weight is 354 g/mol. The molecule has 1 aromatic carbocycles. The van der Waals surface area contributed by atoms with Crippen molar-refractivity contribution in [2.24, 2.45) is 0 Å². The van der Waals surface area contributed by atoms with Gasteiger partial charge in [0.1, 0.15) is 24.0 Å². The summed E-state index contributed by atoms with van der Waals surface area (Å²) in [6.45, 7) is 3.08. The van der Waals surface area contributed by atoms with E-state index in [1.165, 1.54) is 11.3 Å². The van der Waals surface area contributed by atoms with Gasteiger partial charge in [-0.3, -0.25) is 0 Å². The third-order valence-corrected chi connectivity index (χ3v) is 4.99. The first-order chi connectivity index (χ1) is 12.3. The first-order valence-electron chi connectivity index (χ1n) is 7.92. The first kappa shape index (κ1) is 14.5. The number of hydrogen-bond acceptors (Lipinski definition) is 7. The van der Waals surface area contributed by atoms with Crippen molar-refractivity contribution in [3.63, 3.8) is 0 Å². The maximum Gasteiger partial charge on any atom is 0.234 e. The third kappa shape index (κ3) is 2.45. The number of aryl methyl sites for hydroxylation is 1. The number of rotatable bonds is 3. The molecule has 1 aliphatic rings. The second kappa shape index (κ2) is 5.59. The normalized spacial score (nSPS) is 13.5. The molecule has 0 N–H and O–H groups in total. The molecular weight excluding hydrogens is 340 g/mol. The zero-order chi connectivity index (χ0) is 16.8. The van der Waals surface area contributed by atoms with Gasteiger partial charge in [-0.25, -0.2) is 0 Å². The van der Waals surface area contributed by atoms with Crippen LogP contribution in [0.1, 0.15) is 16.3 Å². The average Bonchev–Trinajstić information content (AvgIpc) is 3.30. The quantitative estimate of drug-likeness (QED) is 0.563. The summed E-state index contributed by atoms with van der Waals surface area (Å²) in [7, 11) is 0. The smallest absolute Gasteiger partial charge is 0.234 e. The molecule has 25 heavy (non-hydrogen) atoms. The van der Waals surface area contributed by atoms with Gasteiger partial charge in [-0.2, -0.15) is 9.61 Å². The third-order valence-electron chi connectivity index (χ3n) is 4.09. The van der Waals surface area contributed by atoms with E-state index < -0.39 is 0 Å². The lowest BCUT2D eigenvalue weighted by Gasteiger charge is -2.18. The molecule has 0 spiro atoms. The van der Waals surface area contributed by atoms with Crippen LogP contribution in [0.2, 0.25) is 0 Å². The van der Waals surface area contributed by atoms with Gasteiger partial charge < -0.3 is 13.9 Å². The van der Waals surface area contributed by atoms with Gasteiger partial charge in [-0.05, 0) is 30.7 Å². The Morgan fingerprint density at radius 1 is 1.12 bits per heavy atom. The zero-order valence-electron chi connectivity index (χ0n) is 13.4. The lowest BCUT2D eigenvalue weighted by atomic mass is 10.1. The van der Waals surface area contributed by atoms with Crippen LogP contribution in [0, 0.1) is 6.92 Å². The predicted molar refractivity (Wildman–Crippen MR) is 91.3 cm³/mol. The van der Waals surface area contributed by atoms with Crippen LogP contribution in [0.4, 0.5) is 0 Å². The second-order valence-corrected chi connectivity index (χ2v) is 6.80. The Morgan fingerprint density at radius 3 is 2.84 bits per heavy atom. The Balaban J connectivity index is 1.48. The minimum atomic E-state index is 0.584. The SMILES string of the molecule is Cc1occc1-c1nnc2sc(Cc3ccc4c(c3)OCCO4)nn12. The van der Waals surface area contributed by atoms with Crippen molar-refractivity contribution >= 4 is 16.3 Å². The van der Waals surface area contributed by atoms with Crippen LogP contribution < -0.4 is 9.47 Å². The maximum atomic E-state index is 5.65. The molecule has 4 aromatic rings. The zero-order valence-corrected chi connectivity index (χ0v) is 14.2. The molecule has 0 unspecified atom stereocenters. The van der Waals surface area contributed by atoms with E-state index in [2.05, 4.69) is 15.3 Å². The summed E-state index contributed by atoms with van der Waals surface area (Å²) in [5.74, 6) is 3.09. The van der Waals surface area contributed by atoms with Gasteiger partial charge in [0.25, 0.3) is 0 Å². The van der Waals surface area contributed by atoms with Crippen LogP contribution in [0.25, 0.3) is 16.3 Å². The summed E-state index contributed by atoms with van der Waals surface area (Å²) < 4.78 is 18.3. The molecule has 126 valence electrons. The number of furan rings is 1. The maximum absolute atomic E-state index is 5.65. The molecule has 5 rings (SSSR count). The largest absolute Gasteiger partial charge is 0.486 e. The molecule has 7 nitrogen and oxygen atoms in total. The van der Waals surface area contributed by atoms with Gasteiger partial charge in [0.05, 0.1) is 11.8 Å². The molecule has 0 radical (unpaired) electrons. The summed E-state index contributed by atoms with van der Waals surface area (Å²) in [5.41, 5.74) is 2.03. The van der Waals surface area contributed by atoms with E-state index in [1.54, 1.807) is 10.8 Å². The predicted octanol–water partition coefficient (Wildman–Crippen LogP) is 3.12. The molecule has 0 atom stereocenters. The molecule has 0 fully saturated rings. The van der Waals surface area contributed by atoms with Gasteiger partial charge in [-0.1, -0.05) is 17.4 Å². The van der Waals surface area contributed by atoms with E-state index in [0.717, 1.165) is 38.4 Å². The highest BCUT2D eigenvalue weighted by Crippen LogP contribution is 2.32. The van der Waals surface area contributed by atoms with Crippen molar-refractivity contribution in [3.05, 3.63) is 46.9 Å². The molecule has 3 aromatic heterocycles. The molecule has 0 amide bonds. The summed E-state index contributed by atoms with van der Waals surface area (Å²) in [6, 6.07) is 7.88. The van der Waals surface area contributed by atoms with Crippen molar-refractivity contribution in [2.45, 2.75) is 13.3 Å². The molecule has 0 saturated heterocycles. The Kier molecular flexibility index (Phi) is 3.24. The fraction of sp³-hybridized carbons (Fsp3) is 0.235. The fourth-order valence-corrected chi connectivity index (χ4v) is 3.75. The van der Waals surface area contributed by atoms with Crippen LogP contribution in [0.3, 0.4) is 0 Å². The number of hydrogen-bond donors (Lipinski definition) is 0. The minimum Gasteiger partial charge on any atom is -0.486 e. The summed E-state index contributed by atoms with van der Waals surface area (Å²) >= 11 is 1.53. The van der Waals surface area contributed by atoms with E-state index in [1.807, 2.05) is 31.2 Å². The van der Waals surface area contributed by atoms with Crippen molar-refractivity contribution in [3.8, 4) is 22.9 Å². The van der Waals surface area contributed by atoms with Crippen LogP contribution in [0.15, 0.2) is 34.9 Å². The van der Waals surface area contributed by atoms with E-state index in [4.69, 9.17) is 13.9 Å². The lowest BCUT2D eigenvalue weighted by Crippen LogP contribution is -2.15.